The van der Waals surface area contributed by atoms with Crippen LogP contribution in [0.1, 0.15) is 6.92 Å². The zero-order valence-corrected chi connectivity index (χ0v) is 7.54. The van der Waals surface area contributed by atoms with Gasteiger partial charge in [-0.3, -0.25) is 0 Å². The Labute approximate surface area is 78.0 Å². The van der Waals surface area contributed by atoms with Crippen LogP contribution in [0.5, 0.6) is 0 Å². The fraction of sp³-hybridized carbons (Fsp3) is 0.0909. The van der Waals surface area contributed by atoms with Crippen LogP contribution in [0.15, 0.2) is 59.7 Å². The van der Waals surface area contributed by atoms with Crippen molar-refractivity contribution in [3.8, 4) is 0 Å². The van der Waals surface area contributed by atoms with Crippen molar-refractivity contribution < 1.29 is 0 Å². The van der Waals surface area contributed by atoms with Gasteiger partial charge in [0.1, 0.15) is 0 Å². The molecule has 0 spiro atoms. The van der Waals surface area contributed by atoms with E-state index in [1.807, 2.05) is 36.7 Å². The van der Waals surface area contributed by atoms with E-state index in [0.717, 1.165) is 11.4 Å². The lowest BCUT2D eigenvalue weighted by Gasteiger charge is -2.14. The quantitative estimate of drug-likeness (QED) is 0.583. The van der Waals surface area contributed by atoms with E-state index in [1.54, 1.807) is 0 Å². The zero-order chi connectivity index (χ0) is 9.10. The molecule has 0 aromatic carbocycles. The van der Waals surface area contributed by atoms with Crippen molar-refractivity contribution in [1.29, 1.82) is 0 Å². The van der Waals surface area contributed by atoms with Crippen LogP contribution in [-0.2, 0) is 0 Å². The van der Waals surface area contributed by atoms with E-state index in [0.29, 0.717) is 0 Å². The highest BCUT2D eigenvalue weighted by Gasteiger charge is 2.03. The molecule has 0 bridgehead atoms. The molecule has 2 rings (SSSR count). The van der Waals surface area contributed by atoms with Crippen molar-refractivity contribution in [2.45, 2.75) is 6.92 Å². The highest BCUT2D eigenvalue weighted by atomic mass is 14.9. The molecular formula is C11H12N2. The van der Waals surface area contributed by atoms with Crippen molar-refractivity contribution in [3.63, 3.8) is 0 Å². The lowest BCUT2D eigenvalue weighted by molar-refractivity contribution is 0.980. The minimum atomic E-state index is 1.10. The summed E-state index contributed by atoms with van der Waals surface area (Å²) < 4.78 is 0. The Morgan fingerprint density at radius 2 is 1.77 bits per heavy atom. The normalized spacial score (nSPS) is 25.2. The summed E-state index contributed by atoms with van der Waals surface area (Å²) in [6, 6.07) is 0. The van der Waals surface area contributed by atoms with Crippen LogP contribution in [0.25, 0.3) is 0 Å². The van der Waals surface area contributed by atoms with Gasteiger partial charge in [0, 0.05) is 12.4 Å². The van der Waals surface area contributed by atoms with Crippen LogP contribution >= 0.6 is 0 Å². The number of nitrogens with one attached hydrogen (secondary N) is 2. The number of hydrogen-bond acceptors (Lipinski definition) is 2. The number of dihydropyridines is 2. The van der Waals surface area contributed by atoms with Gasteiger partial charge in [0.15, 0.2) is 0 Å². The van der Waals surface area contributed by atoms with Crippen molar-refractivity contribution in [1.82, 2.24) is 10.6 Å². The average Bonchev–Trinajstić information content (AvgIpc) is 2.19. The molecule has 0 atom stereocenters. The fourth-order valence-electron chi connectivity index (χ4n) is 1.30. The largest absolute Gasteiger partial charge is 0.360 e. The molecule has 13 heavy (non-hydrogen) atoms. The summed E-state index contributed by atoms with van der Waals surface area (Å²) in [5.41, 5.74) is 3.47. The third-order valence-electron chi connectivity index (χ3n) is 1.96. The molecule has 0 radical (unpaired) electrons. The van der Waals surface area contributed by atoms with Crippen LogP contribution in [0.2, 0.25) is 0 Å². The molecule has 2 nitrogen and oxygen atoms in total. The SMILES string of the molecule is CC1=CC(=C2C=CC=CN2)NC=C1. The summed E-state index contributed by atoms with van der Waals surface area (Å²) in [5, 5.41) is 6.37. The Bertz CT molecular complexity index is 354. The fourth-order valence-corrected chi connectivity index (χ4v) is 1.30. The predicted molar refractivity (Wildman–Crippen MR) is 54.5 cm³/mol. The molecule has 0 saturated carbocycles. The van der Waals surface area contributed by atoms with Gasteiger partial charge in [0.25, 0.3) is 0 Å². The van der Waals surface area contributed by atoms with E-state index in [-0.39, 0.29) is 0 Å². The van der Waals surface area contributed by atoms with E-state index in [9.17, 15) is 0 Å². The van der Waals surface area contributed by atoms with Gasteiger partial charge in [-0.25, -0.2) is 0 Å². The second-order valence-corrected chi connectivity index (χ2v) is 3.06. The maximum atomic E-state index is 3.19. The maximum Gasteiger partial charge on any atom is 0.0621 e. The summed E-state index contributed by atoms with van der Waals surface area (Å²) in [5.74, 6) is 0. The van der Waals surface area contributed by atoms with Gasteiger partial charge in [-0.2, -0.15) is 0 Å². The van der Waals surface area contributed by atoms with Gasteiger partial charge >= 0.3 is 0 Å². The van der Waals surface area contributed by atoms with Gasteiger partial charge in [0.2, 0.25) is 0 Å². The highest BCUT2D eigenvalue weighted by molar-refractivity contribution is 5.41. The first-order valence-electron chi connectivity index (χ1n) is 4.32. The Hall–Kier alpha value is -1.70. The van der Waals surface area contributed by atoms with Crippen molar-refractivity contribution in [2.24, 2.45) is 0 Å². The molecule has 66 valence electrons. The first-order valence-corrected chi connectivity index (χ1v) is 4.32. The standard InChI is InChI=1S/C11H12N2/c1-9-5-7-13-11(8-9)10-4-2-3-6-12-10/h2-8,12-13H,1H3. The Morgan fingerprint density at radius 3 is 2.46 bits per heavy atom. The summed E-state index contributed by atoms with van der Waals surface area (Å²) in [7, 11) is 0. The van der Waals surface area contributed by atoms with E-state index >= 15 is 0 Å². The Morgan fingerprint density at radius 1 is 0.923 bits per heavy atom. The third kappa shape index (κ3) is 1.72. The number of allylic oxidation sites excluding steroid dienone is 6. The molecule has 0 saturated heterocycles. The summed E-state index contributed by atoms with van der Waals surface area (Å²) in [6.45, 7) is 2.08. The first-order chi connectivity index (χ1) is 6.36. The lowest BCUT2D eigenvalue weighted by Crippen LogP contribution is -2.16. The Kier molecular flexibility index (Phi) is 2.04. The van der Waals surface area contributed by atoms with Crippen molar-refractivity contribution in [2.75, 3.05) is 0 Å². The lowest BCUT2D eigenvalue weighted by atomic mass is 10.1. The van der Waals surface area contributed by atoms with Crippen LogP contribution < -0.4 is 10.6 Å². The van der Waals surface area contributed by atoms with E-state index in [2.05, 4.69) is 23.6 Å². The van der Waals surface area contributed by atoms with Crippen LogP contribution in [0, 0.1) is 0 Å². The molecule has 0 amide bonds. The molecule has 2 heteroatoms. The molecule has 2 aliphatic heterocycles. The van der Waals surface area contributed by atoms with E-state index < -0.39 is 0 Å². The predicted octanol–water partition coefficient (Wildman–Crippen LogP) is 1.93. The molecule has 0 aromatic rings. The van der Waals surface area contributed by atoms with Crippen LogP contribution in [-0.4, -0.2) is 0 Å². The molecule has 2 heterocycles. The summed E-state index contributed by atoms with van der Waals surface area (Å²) in [6.07, 6.45) is 14.1. The van der Waals surface area contributed by atoms with Crippen LogP contribution in [0.4, 0.5) is 0 Å². The summed E-state index contributed by atoms with van der Waals surface area (Å²) >= 11 is 0. The minimum absolute atomic E-state index is 1.10. The summed E-state index contributed by atoms with van der Waals surface area (Å²) in [4.78, 5) is 0. The van der Waals surface area contributed by atoms with E-state index in [4.69, 9.17) is 0 Å². The van der Waals surface area contributed by atoms with Crippen molar-refractivity contribution >= 4 is 0 Å². The highest BCUT2D eigenvalue weighted by Crippen LogP contribution is 2.12. The molecule has 2 aliphatic rings. The minimum Gasteiger partial charge on any atom is -0.360 e. The number of hydrogen-bond donors (Lipinski definition) is 2. The van der Waals surface area contributed by atoms with Crippen LogP contribution in [0.3, 0.4) is 0 Å². The third-order valence-corrected chi connectivity index (χ3v) is 1.96. The van der Waals surface area contributed by atoms with Gasteiger partial charge < -0.3 is 10.6 Å². The Balaban J connectivity index is 2.30. The van der Waals surface area contributed by atoms with Gasteiger partial charge in [-0.1, -0.05) is 6.08 Å². The zero-order valence-electron chi connectivity index (χ0n) is 7.54. The topological polar surface area (TPSA) is 24.1 Å². The van der Waals surface area contributed by atoms with Crippen molar-refractivity contribution in [3.05, 3.63) is 59.7 Å². The molecule has 0 fully saturated rings. The monoisotopic (exact) mass is 172 g/mol. The average molecular weight is 172 g/mol. The van der Waals surface area contributed by atoms with E-state index in [1.165, 1.54) is 5.57 Å². The molecular weight excluding hydrogens is 160 g/mol. The second-order valence-electron chi connectivity index (χ2n) is 3.06. The first kappa shape index (κ1) is 7.92. The van der Waals surface area contributed by atoms with Gasteiger partial charge in [-0.15, -0.1) is 0 Å². The smallest absolute Gasteiger partial charge is 0.0621 e. The molecule has 2 N–H and O–H groups in total. The molecule has 0 aliphatic carbocycles. The van der Waals surface area contributed by atoms with Gasteiger partial charge in [-0.05, 0) is 36.8 Å². The molecule has 0 unspecified atom stereocenters. The number of rotatable bonds is 0. The maximum absolute atomic E-state index is 3.19. The second kappa shape index (κ2) is 3.35. The molecule has 0 aromatic heterocycles. The van der Waals surface area contributed by atoms with Gasteiger partial charge in [0.05, 0.1) is 11.4 Å².